The van der Waals surface area contributed by atoms with Gasteiger partial charge < -0.3 is 14.8 Å². The molecule has 4 nitrogen and oxygen atoms in total. The maximum atomic E-state index is 12.2. The highest BCUT2D eigenvalue weighted by molar-refractivity contribution is 5.77. The molecule has 0 aliphatic heterocycles. The van der Waals surface area contributed by atoms with E-state index in [-0.39, 0.29) is 18.6 Å². The SMILES string of the molecule is Cc1ccc(C(C)C)c(OCC(=O)NC(C)COc2ccccc2C)c1. The van der Waals surface area contributed by atoms with E-state index in [9.17, 15) is 4.79 Å². The number of nitrogens with one attached hydrogen (secondary N) is 1. The highest BCUT2D eigenvalue weighted by Gasteiger charge is 2.12. The Hall–Kier alpha value is -2.49. The Bertz CT molecular complexity index is 740. The molecule has 0 heterocycles. The first kappa shape index (κ1) is 19.8. The largest absolute Gasteiger partial charge is 0.491 e. The van der Waals surface area contributed by atoms with Gasteiger partial charge in [-0.2, -0.15) is 0 Å². The second kappa shape index (κ2) is 9.27. The Labute approximate surface area is 156 Å². The van der Waals surface area contributed by atoms with E-state index in [2.05, 4.69) is 31.3 Å². The maximum absolute atomic E-state index is 12.2. The summed E-state index contributed by atoms with van der Waals surface area (Å²) >= 11 is 0. The van der Waals surface area contributed by atoms with Crippen LogP contribution in [0.4, 0.5) is 0 Å². The quantitative estimate of drug-likeness (QED) is 0.764. The summed E-state index contributed by atoms with van der Waals surface area (Å²) in [5.41, 5.74) is 3.30. The van der Waals surface area contributed by atoms with Crippen LogP contribution in [-0.4, -0.2) is 25.2 Å². The van der Waals surface area contributed by atoms with Crippen molar-refractivity contribution in [3.8, 4) is 11.5 Å². The molecule has 2 rings (SSSR count). The van der Waals surface area contributed by atoms with Crippen LogP contribution in [0.15, 0.2) is 42.5 Å². The van der Waals surface area contributed by atoms with E-state index >= 15 is 0 Å². The van der Waals surface area contributed by atoms with E-state index in [0.717, 1.165) is 28.2 Å². The van der Waals surface area contributed by atoms with Gasteiger partial charge in [0, 0.05) is 0 Å². The topological polar surface area (TPSA) is 47.6 Å². The molecule has 26 heavy (non-hydrogen) atoms. The second-order valence-corrected chi connectivity index (χ2v) is 7.03. The van der Waals surface area contributed by atoms with Crippen LogP contribution in [-0.2, 0) is 4.79 Å². The summed E-state index contributed by atoms with van der Waals surface area (Å²) in [6.45, 7) is 10.6. The lowest BCUT2D eigenvalue weighted by atomic mass is 10.0. The van der Waals surface area contributed by atoms with Gasteiger partial charge in [-0.15, -0.1) is 0 Å². The lowest BCUT2D eigenvalue weighted by Gasteiger charge is -2.18. The zero-order chi connectivity index (χ0) is 19.1. The molecule has 0 saturated heterocycles. The average molecular weight is 355 g/mol. The Kier molecular flexibility index (Phi) is 7.07. The van der Waals surface area contributed by atoms with Crippen LogP contribution in [0.25, 0.3) is 0 Å². The molecular formula is C22H29NO3. The third kappa shape index (κ3) is 5.80. The molecule has 0 radical (unpaired) electrons. The van der Waals surface area contributed by atoms with Crippen LogP contribution >= 0.6 is 0 Å². The summed E-state index contributed by atoms with van der Waals surface area (Å²) in [5, 5.41) is 2.91. The van der Waals surface area contributed by atoms with Gasteiger partial charge in [-0.3, -0.25) is 4.79 Å². The first-order valence-electron chi connectivity index (χ1n) is 9.08. The number of carbonyl (C=O) groups excluding carboxylic acids is 1. The minimum Gasteiger partial charge on any atom is -0.491 e. The molecule has 1 atom stereocenters. The molecular weight excluding hydrogens is 326 g/mol. The molecule has 2 aromatic carbocycles. The minimum absolute atomic E-state index is 0.00211. The summed E-state index contributed by atoms with van der Waals surface area (Å²) in [7, 11) is 0. The van der Waals surface area contributed by atoms with Crippen LogP contribution < -0.4 is 14.8 Å². The fourth-order valence-corrected chi connectivity index (χ4v) is 2.68. The molecule has 0 saturated carbocycles. The van der Waals surface area contributed by atoms with E-state index in [1.807, 2.05) is 51.1 Å². The maximum Gasteiger partial charge on any atom is 0.258 e. The minimum atomic E-state index is -0.151. The standard InChI is InChI=1S/C22H29NO3/c1-15(2)19-11-10-16(3)12-21(19)26-14-22(24)23-18(5)13-25-20-9-7-6-8-17(20)4/h6-12,15,18H,13-14H2,1-5H3,(H,23,24). The number of benzene rings is 2. The Morgan fingerprint density at radius 2 is 1.73 bits per heavy atom. The predicted octanol–water partition coefficient (Wildman–Crippen LogP) is 4.39. The number of carbonyl (C=O) groups is 1. The van der Waals surface area contributed by atoms with E-state index in [1.54, 1.807) is 0 Å². The number of aryl methyl sites for hydroxylation is 2. The van der Waals surface area contributed by atoms with Gasteiger partial charge in [0.2, 0.25) is 0 Å². The van der Waals surface area contributed by atoms with Gasteiger partial charge in [0.25, 0.3) is 5.91 Å². The molecule has 0 bridgehead atoms. The second-order valence-electron chi connectivity index (χ2n) is 7.03. The number of amides is 1. The average Bonchev–Trinajstić information content (AvgIpc) is 2.59. The van der Waals surface area contributed by atoms with Crippen molar-refractivity contribution in [1.82, 2.24) is 5.32 Å². The molecule has 0 spiro atoms. The predicted molar refractivity (Wildman–Crippen MR) is 105 cm³/mol. The third-order valence-electron chi connectivity index (χ3n) is 4.14. The number of ether oxygens (including phenoxy) is 2. The highest BCUT2D eigenvalue weighted by Crippen LogP contribution is 2.27. The molecule has 1 N–H and O–H groups in total. The molecule has 0 fully saturated rings. The van der Waals surface area contributed by atoms with E-state index in [1.165, 1.54) is 0 Å². The fourth-order valence-electron chi connectivity index (χ4n) is 2.68. The molecule has 0 aliphatic carbocycles. The van der Waals surface area contributed by atoms with E-state index in [4.69, 9.17) is 9.47 Å². The zero-order valence-electron chi connectivity index (χ0n) is 16.3. The smallest absolute Gasteiger partial charge is 0.258 e. The van der Waals surface area contributed by atoms with Crippen molar-refractivity contribution < 1.29 is 14.3 Å². The van der Waals surface area contributed by atoms with Gasteiger partial charge in [0.15, 0.2) is 6.61 Å². The monoisotopic (exact) mass is 355 g/mol. The molecule has 4 heteroatoms. The van der Waals surface area contributed by atoms with Gasteiger partial charge in [0.05, 0.1) is 6.04 Å². The number of hydrogen-bond acceptors (Lipinski definition) is 3. The van der Waals surface area contributed by atoms with Crippen LogP contribution in [0.1, 0.15) is 43.4 Å². The number of para-hydroxylation sites is 1. The van der Waals surface area contributed by atoms with Crippen molar-refractivity contribution in [2.24, 2.45) is 0 Å². The summed E-state index contributed by atoms with van der Waals surface area (Å²) in [5.74, 6) is 1.81. The Morgan fingerprint density at radius 1 is 1.00 bits per heavy atom. The van der Waals surface area contributed by atoms with Crippen molar-refractivity contribution in [2.45, 2.75) is 46.6 Å². The van der Waals surface area contributed by atoms with Crippen LogP contribution in [0, 0.1) is 13.8 Å². The van der Waals surface area contributed by atoms with Crippen LogP contribution in [0.5, 0.6) is 11.5 Å². The van der Waals surface area contributed by atoms with Crippen molar-refractivity contribution in [1.29, 1.82) is 0 Å². The van der Waals surface area contributed by atoms with Gasteiger partial charge in [-0.1, -0.05) is 44.2 Å². The van der Waals surface area contributed by atoms with Crippen molar-refractivity contribution >= 4 is 5.91 Å². The summed E-state index contributed by atoms with van der Waals surface area (Å²) in [6, 6.07) is 13.8. The summed E-state index contributed by atoms with van der Waals surface area (Å²) in [4.78, 5) is 12.2. The highest BCUT2D eigenvalue weighted by atomic mass is 16.5. The van der Waals surface area contributed by atoms with E-state index < -0.39 is 0 Å². The normalized spacial score (nSPS) is 11.9. The molecule has 0 aliphatic rings. The molecule has 140 valence electrons. The van der Waals surface area contributed by atoms with Crippen molar-refractivity contribution in [3.63, 3.8) is 0 Å². The first-order valence-corrected chi connectivity index (χ1v) is 9.08. The number of hydrogen-bond donors (Lipinski definition) is 1. The summed E-state index contributed by atoms with van der Waals surface area (Å²) in [6.07, 6.45) is 0. The Balaban J connectivity index is 1.83. The van der Waals surface area contributed by atoms with Crippen LogP contribution in [0.2, 0.25) is 0 Å². The summed E-state index contributed by atoms with van der Waals surface area (Å²) < 4.78 is 11.5. The number of rotatable bonds is 8. The Morgan fingerprint density at radius 3 is 2.42 bits per heavy atom. The van der Waals surface area contributed by atoms with Crippen molar-refractivity contribution in [2.75, 3.05) is 13.2 Å². The van der Waals surface area contributed by atoms with Gasteiger partial charge in [-0.05, 0) is 55.5 Å². The molecule has 2 aromatic rings. The van der Waals surface area contributed by atoms with Gasteiger partial charge in [-0.25, -0.2) is 0 Å². The first-order chi connectivity index (χ1) is 12.4. The molecule has 0 aromatic heterocycles. The molecule has 1 amide bonds. The zero-order valence-corrected chi connectivity index (χ0v) is 16.3. The fraction of sp³-hybridized carbons (Fsp3) is 0.409. The van der Waals surface area contributed by atoms with Crippen LogP contribution in [0.3, 0.4) is 0 Å². The molecule has 1 unspecified atom stereocenters. The van der Waals surface area contributed by atoms with Gasteiger partial charge >= 0.3 is 0 Å². The van der Waals surface area contributed by atoms with Crippen molar-refractivity contribution in [3.05, 3.63) is 59.2 Å². The lowest BCUT2D eigenvalue weighted by Crippen LogP contribution is -2.39. The van der Waals surface area contributed by atoms with Gasteiger partial charge in [0.1, 0.15) is 18.1 Å². The van der Waals surface area contributed by atoms with E-state index in [0.29, 0.717) is 12.5 Å². The third-order valence-corrected chi connectivity index (χ3v) is 4.14. The lowest BCUT2D eigenvalue weighted by molar-refractivity contribution is -0.123.